The molecule has 4 rings (SSSR count). The third kappa shape index (κ3) is 6.23. The molecule has 0 aromatic carbocycles. The summed E-state index contributed by atoms with van der Waals surface area (Å²) >= 11 is 0. The van der Waals surface area contributed by atoms with Crippen molar-refractivity contribution in [3.63, 3.8) is 0 Å². The van der Waals surface area contributed by atoms with Gasteiger partial charge in [-0.2, -0.15) is 0 Å². The second kappa shape index (κ2) is 12.2. The molecule has 0 spiro atoms. The van der Waals surface area contributed by atoms with Crippen LogP contribution in [0.4, 0.5) is 0 Å². The number of rotatable bonds is 6. The lowest BCUT2D eigenvalue weighted by Crippen LogP contribution is -2.63. The average molecular weight is 546 g/mol. The van der Waals surface area contributed by atoms with E-state index in [-0.39, 0.29) is 13.2 Å². The molecular weight excluding hydrogens is 512 g/mol. The zero-order valence-corrected chi connectivity index (χ0v) is 19.4. The second-order valence-electron chi connectivity index (χ2n) is 9.35. The Labute approximate surface area is 209 Å². The van der Waals surface area contributed by atoms with Crippen LogP contribution < -0.4 is 0 Å². The van der Waals surface area contributed by atoms with Crippen LogP contribution in [0.5, 0.6) is 0 Å². The molecule has 16 atom stereocenters. The van der Waals surface area contributed by atoms with Gasteiger partial charge in [-0.1, -0.05) is 0 Å². The van der Waals surface area contributed by atoms with Crippen molar-refractivity contribution < 1.29 is 84.2 Å². The normalized spacial score (nSPS) is 53.7. The van der Waals surface area contributed by atoms with E-state index in [1.165, 1.54) is 0 Å². The van der Waals surface area contributed by atoms with Crippen molar-refractivity contribution in [3.05, 3.63) is 0 Å². The monoisotopic (exact) mass is 546 g/mol. The molecule has 17 heteroatoms. The molecule has 0 saturated carbocycles. The van der Waals surface area contributed by atoms with Crippen LogP contribution in [-0.2, 0) is 33.2 Å². The molecule has 10 N–H and O–H groups in total. The van der Waals surface area contributed by atoms with Gasteiger partial charge in [0.05, 0.1) is 26.4 Å². The van der Waals surface area contributed by atoms with Gasteiger partial charge < -0.3 is 84.2 Å². The lowest BCUT2D eigenvalue weighted by Gasteiger charge is -2.45. The Morgan fingerprint density at radius 1 is 0.378 bits per heavy atom. The molecule has 0 bridgehead atoms. The topological polar surface area (TPSA) is 267 Å². The number of ether oxygens (including phenoxy) is 7. The Hall–Kier alpha value is -0.680. The largest absolute Gasteiger partial charge is 0.388 e. The van der Waals surface area contributed by atoms with Gasteiger partial charge in [0.15, 0.2) is 25.2 Å². The van der Waals surface area contributed by atoms with Crippen LogP contribution in [0.15, 0.2) is 0 Å². The van der Waals surface area contributed by atoms with Gasteiger partial charge in [-0.05, 0) is 0 Å². The van der Waals surface area contributed by atoms with Gasteiger partial charge in [0, 0.05) is 0 Å². The minimum Gasteiger partial charge on any atom is -0.388 e. The lowest BCUT2D eigenvalue weighted by molar-refractivity contribution is -0.365. The summed E-state index contributed by atoms with van der Waals surface area (Å²) in [5.41, 5.74) is 0. The van der Waals surface area contributed by atoms with Crippen molar-refractivity contribution >= 4 is 0 Å². The van der Waals surface area contributed by atoms with E-state index in [2.05, 4.69) is 0 Å². The molecule has 0 unspecified atom stereocenters. The molecule has 0 amide bonds. The van der Waals surface area contributed by atoms with Crippen molar-refractivity contribution in [1.29, 1.82) is 0 Å². The van der Waals surface area contributed by atoms with Crippen molar-refractivity contribution in [2.45, 2.75) is 98.4 Å². The number of aliphatic hydroxyl groups is 10. The van der Waals surface area contributed by atoms with Gasteiger partial charge in [0.1, 0.15) is 73.2 Å². The first kappa shape index (κ1) is 29.3. The molecule has 0 aromatic heterocycles. The Kier molecular flexibility index (Phi) is 9.69. The minimum atomic E-state index is -1.75. The summed E-state index contributed by atoms with van der Waals surface area (Å²) in [6.45, 7) is -1.62. The summed E-state index contributed by atoms with van der Waals surface area (Å²) < 4.78 is 36.9. The minimum absolute atomic E-state index is 0.366. The molecule has 0 aromatic rings. The molecule has 4 aliphatic rings. The summed E-state index contributed by atoms with van der Waals surface area (Å²) in [6.07, 6.45) is -24.8. The Bertz CT molecular complexity index is 731. The number of aliphatic hydroxyl groups excluding tert-OH is 10. The highest BCUT2D eigenvalue weighted by Crippen LogP contribution is 2.30. The quantitative estimate of drug-likeness (QED) is 0.148. The second-order valence-corrected chi connectivity index (χ2v) is 9.35. The molecule has 216 valence electrons. The fourth-order valence-corrected chi connectivity index (χ4v) is 4.44. The van der Waals surface area contributed by atoms with E-state index in [0.29, 0.717) is 0 Å². The summed E-state index contributed by atoms with van der Waals surface area (Å²) in [6, 6.07) is 0. The van der Waals surface area contributed by atoms with Crippen molar-refractivity contribution in [2.24, 2.45) is 0 Å². The van der Waals surface area contributed by atoms with Gasteiger partial charge in [0.25, 0.3) is 0 Å². The van der Waals surface area contributed by atoms with E-state index in [0.717, 1.165) is 0 Å². The number of hydrogen-bond donors (Lipinski definition) is 10. The molecule has 37 heavy (non-hydrogen) atoms. The Balaban J connectivity index is 1.39. The summed E-state index contributed by atoms with van der Waals surface area (Å²) in [7, 11) is 0. The Morgan fingerprint density at radius 3 is 1.19 bits per heavy atom. The van der Waals surface area contributed by atoms with E-state index < -0.39 is 112 Å². The first-order valence-corrected chi connectivity index (χ1v) is 11.7. The summed E-state index contributed by atoms with van der Waals surface area (Å²) in [4.78, 5) is 0. The third-order valence-corrected chi connectivity index (χ3v) is 6.63. The fraction of sp³-hybridized carbons (Fsp3) is 1.00. The number of hydrogen-bond acceptors (Lipinski definition) is 17. The fourth-order valence-electron chi connectivity index (χ4n) is 4.44. The van der Waals surface area contributed by atoms with Crippen molar-refractivity contribution in [3.8, 4) is 0 Å². The van der Waals surface area contributed by atoms with E-state index in [4.69, 9.17) is 33.2 Å². The van der Waals surface area contributed by atoms with Crippen molar-refractivity contribution in [2.75, 3.05) is 26.4 Å². The molecule has 0 aliphatic carbocycles. The molecule has 0 radical (unpaired) electrons. The van der Waals surface area contributed by atoms with E-state index >= 15 is 0 Å². The van der Waals surface area contributed by atoms with E-state index in [9.17, 15) is 51.1 Å². The molecule has 4 aliphatic heterocycles. The predicted octanol–water partition coefficient (Wildman–Crippen LogP) is -7.19. The van der Waals surface area contributed by atoms with Crippen molar-refractivity contribution in [1.82, 2.24) is 0 Å². The van der Waals surface area contributed by atoms with Crippen LogP contribution in [0.3, 0.4) is 0 Å². The maximum atomic E-state index is 10.7. The van der Waals surface area contributed by atoms with Crippen LogP contribution in [0.1, 0.15) is 0 Å². The maximum absolute atomic E-state index is 10.7. The van der Waals surface area contributed by atoms with Crippen LogP contribution in [0.25, 0.3) is 0 Å². The molecule has 4 saturated heterocycles. The molecule has 17 nitrogen and oxygen atoms in total. The van der Waals surface area contributed by atoms with E-state index in [1.54, 1.807) is 0 Å². The first-order valence-electron chi connectivity index (χ1n) is 11.7. The average Bonchev–Trinajstić information content (AvgIpc) is 2.86. The van der Waals surface area contributed by atoms with Crippen LogP contribution in [-0.4, -0.2) is 176 Å². The van der Waals surface area contributed by atoms with Crippen LogP contribution in [0.2, 0.25) is 0 Å². The van der Waals surface area contributed by atoms with Gasteiger partial charge in [-0.3, -0.25) is 0 Å². The van der Waals surface area contributed by atoms with Crippen LogP contribution >= 0.6 is 0 Å². The van der Waals surface area contributed by atoms with Crippen LogP contribution in [0, 0.1) is 0 Å². The highest BCUT2D eigenvalue weighted by molar-refractivity contribution is 4.92. The maximum Gasteiger partial charge on any atom is 0.186 e. The lowest BCUT2D eigenvalue weighted by atomic mass is 10.0. The summed E-state index contributed by atoms with van der Waals surface area (Å²) in [5.74, 6) is 0. The highest BCUT2D eigenvalue weighted by atomic mass is 16.7. The predicted molar refractivity (Wildman–Crippen MR) is 110 cm³/mol. The zero-order valence-electron chi connectivity index (χ0n) is 19.4. The third-order valence-electron chi connectivity index (χ3n) is 6.63. The van der Waals surface area contributed by atoms with Gasteiger partial charge in [-0.25, -0.2) is 0 Å². The van der Waals surface area contributed by atoms with Gasteiger partial charge >= 0.3 is 0 Å². The SMILES string of the molecule is O[C@@H]1[C@@H](O)[C@H](O[C@@H]2[C@@H](O)[C@H](O[C@@H]3[C@@H](O)[C@H](O[C@@H]4[C@@H](O)[C@H](O)OC[C@H]4O)OC[C@H]3O)OC[C@H]2O)OC[C@H]1O. The smallest absolute Gasteiger partial charge is 0.186 e. The standard InChI is InChI=1S/C20H34O17/c21-5-1-32-18(10(26)9(5)25)36-15-7(23)3-34-20(12(15)28)37-16-8(24)4-33-19(13(16)29)35-14-6(22)2-31-17(30)11(14)27/h5-30H,1-4H2/t5-,6-,7-,8-,9+,10-,11-,12-,13-,14+,15+,16+,17-,18+,19+,20+/m1/s1. The summed E-state index contributed by atoms with van der Waals surface area (Å²) in [5, 5.41) is 101. The molecule has 4 heterocycles. The van der Waals surface area contributed by atoms with Gasteiger partial charge in [-0.15, -0.1) is 0 Å². The van der Waals surface area contributed by atoms with E-state index in [1.807, 2.05) is 0 Å². The highest BCUT2D eigenvalue weighted by Gasteiger charge is 2.50. The van der Waals surface area contributed by atoms with Gasteiger partial charge in [0.2, 0.25) is 0 Å². The molecular formula is C20H34O17. The first-order chi connectivity index (χ1) is 17.5. The Morgan fingerprint density at radius 2 is 0.730 bits per heavy atom. The zero-order chi connectivity index (χ0) is 27.0. The molecule has 4 fully saturated rings.